The Bertz CT molecular complexity index is 509. The van der Waals surface area contributed by atoms with Crippen molar-refractivity contribution in [2.45, 2.75) is 25.0 Å². The standard InChI is InChI=1S/C13H16FN3O2/c14-10-2-1-3-11(12(10)13(15)16-18)17-6-8-4-5-9(7-17)19-8/h1-3,8-9,18H,4-7H2,(H2,15,16). The van der Waals surface area contributed by atoms with Crippen LogP contribution < -0.4 is 10.6 Å². The predicted octanol–water partition coefficient (Wildman–Crippen LogP) is 1.29. The summed E-state index contributed by atoms with van der Waals surface area (Å²) in [6.45, 7) is 1.43. The summed E-state index contributed by atoms with van der Waals surface area (Å²) in [5.74, 6) is -0.682. The number of ether oxygens (including phenoxy) is 1. The van der Waals surface area contributed by atoms with Crippen molar-refractivity contribution < 1.29 is 14.3 Å². The van der Waals surface area contributed by atoms with Crippen molar-refractivity contribution in [2.24, 2.45) is 10.9 Å². The first-order chi connectivity index (χ1) is 9.19. The first kappa shape index (κ1) is 12.2. The summed E-state index contributed by atoms with van der Waals surface area (Å²) < 4.78 is 19.7. The number of hydrogen-bond acceptors (Lipinski definition) is 4. The molecule has 102 valence electrons. The van der Waals surface area contributed by atoms with E-state index in [2.05, 4.69) is 10.1 Å². The molecule has 2 atom stereocenters. The van der Waals surface area contributed by atoms with Crippen molar-refractivity contribution in [1.29, 1.82) is 0 Å². The quantitative estimate of drug-likeness (QED) is 0.366. The molecule has 2 saturated heterocycles. The van der Waals surface area contributed by atoms with Gasteiger partial charge in [-0.25, -0.2) is 4.39 Å². The lowest BCUT2D eigenvalue weighted by Crippen LogP contribution is -2.43. The van der Waals surface area contributed by atoms with Crippen molar-refractivity contribution in [3.63, 3.8) is 0 Å². The van der Waals surface area contributed by atoms with Gasteiger partial charge in [-0.2, -0.15) is 0 Å². The highest BCUT2D eigenvalue weighted by molar-refractivity contribution is 6.02. The van der Waals surface area contributed by atoms with Gasteiger partial charge in [0.25, 0.3) is 0 Å². The zero-order chi connectivity index (χ0) is 13.4. The maximum Gasteiger partial charge on any atom is 0.175 e. The predicted molar refractivity (Wildman–Crippen MR) is 69.0 cm³/mol. The number of anilines is 1. The Labute approximate surface area is 110 Å². The summed E-state index contributed by atoms with van der Waals surface area (Å²) >= 11 is 0. The van der Waals surface area contributed by atoms with Crippen LogP contribution in [-0.2, 0) is 4.74 Å². The maximum atomic E-state index is 13.9. The number of hydrogen-bond donors (Lipinski definition) is 2. The summed E-state index contributed by atoms with van der Waals surface area (Å²) in [6.07, 6.45) is 2.47. The summed E-state index contributed by atoms with van der Waals surface area (Å²) in [4.78, 5) is 2.06. The van der Waals surface area contributed by atoms with Gasteiger partial charge in [0.2, 0.25) is 0 Å². The molecule has 0 amide bonds. The van der Waals surface area contributed by atoms with Crippen LogP contribution in [0.4, 0.5) is 10.1 Å². The number of amidine groups is 1. The molecule has 2 bridgehead atoms. The Hall–Kier alpha value is -1.82. The second-order valence-electron chi connectivity index (χ2n) is 4.98. The molecule has 2 unspecified atom stereocenters. The minimum Gasteiger partial charge on any atom is -0.409 e. The first-order valence-corrected chi connectivity index (χ1v) is 6.36. The highest BCUT2D eigenvalue weighted by Gasteiger charge is 2.35. The van der Waals surface area contributed by atoms with E-state index >= 15 is 0 Å². The molecule has 1 aromatic carbocycles. The highest BCUT2D eigenvalue weighted by Crippen LogP contribution is 2.32. The van der Waals surface area contributed by atoms with Crippen LogP contribution in [-0.4, -0.2) is 36.3 Å². The average Bonchev–Trinajstić information content (AvgIpc) is 2.76. The molecule has 19 heavy (non-hydrogen) atoms. The van der Waals surface area contributed by atoms with Crippen molar-refractivity contribution in [3.8, 4) is 0 Å². The van der Waals surface area contributed by atoms with E-state index in [1.165, 1.54) is 6.07 Å². The molecule has 3 rings (SSSR count). The molecule has 0 aliphatic carbocycles. The summed E-state index contributed by atoms with van der Waals surface area (Å²) in [6, 6.07) is 4.74. The second-order valence-corrected chi connectivity index (χ2v) is 4.98. The number of oxime groups is 1. The third-order valence-corrected chi connectivity index (χ3v) is 3.74. The number of rotatable bonds is 2. The summed E-state index contributed by atoms with van der Waals surface area (Å²) in [5, 5.41) is 11.7. The Kier molecular flexibility index (Phi) is 3.02. The number of halogens is 1. The van der Waals surface area contributed by atoms with Gasteiger partial charge >= 0.3 is 0 Å². The van der Waals surface area contributed by atoms with Crippen LogP contribution in [0.3, 0.4) is 0 Å². The van der Waals surface area contributed by atoms with Crippen LogP contribution in [0, 0.1) is 5.82 Å². The van der Waals surface area contributed by atoms with Crippen LogP contribution in [0.15, 0.2) is 23.4 Å². The lowest BCUT2D eigenvalue weighted by molar-refractivity contribution is 0.0304. The van der Waals surface area contributed by atoms with Gasteiger partial charge in [-0.3, -0.25) is 0 Å². The van der Waals surface area contributed by atoms with Crippen LogP contribution in [0.2, 0.25) is 0 Å². The van der Waals surface area contributed by atoms with Crippen LogP contribution in [0.25, 0.3) is 0 Å². The fourth-order valence-corrected chi connectivity index (χ4v) is 2.89. The van der Waals surface area contributed by atoms with E-state index in [1.807, 2.05) is 0 Å². The Morgan fingerprint density at radius 2 is 2.05 bits per heavy atom. The number of morpholine rings is 1. The maximum absolute atomic E-state index is 13.9. The van der Waals surface area contributed by atoms with Gasteiger partial charge in [-0.05, 0) is 25.0 Å². The SMILES string of the molecule is NC(=NO)c1c(F)cccc1N1CC2CCC(C1)O2. The molecule has 0 aromatic heterocycles. The molecule has 1 aromatic rings. The van der Waals surface area contributed by atoms with Crippen molar-refractivity contribution in [2.75, 3.05) is 18.0 Å². The fourth-order valence-electron chi connectivity index (χ4n) is 2.89. The van der Waals surface area contributed by atoms with Crippen molar-refractivity contribution in [1.82, 2.24) is 0 Å². The van der Waals surface area contributed by atoms with E-state index in [0.717, 1.165) is 12.8 Å². The molecule has 0 radical (unpaired) electrons. The van der Waals surface area contributed by atoms with Gasteiger partial charge in [0, 0.05) is 13.1 Å². The second kappa shape index (κ2) is 4.70. The molecule has 2 fully saturated rings. The zero-order valence-corrected chi connectivity index (χ0v) is 10.4. The monoisotopic (exact) mass is 265 g/mol. The first-order valence-electron chi connectivity index (χ1n) is 6.36. The minimum atomic E-state index is -0.480. The lowest BCUT2D eigenvalue weighted by atomic mass is 10.1. The third kappa shape index (κ3) is 2.12. The van der Waals surface area contributed by atoms with Crippen LogP contribution in [0.5, 0.6) is 0 Å². The molecule has 2 aliphatic rings. The molecule has 5 nitrogen and oxygen atoms in total. The number of nitrogens with two attached hydrogens (primary N) is 1. The number of benzene rings is 1. The number of nitrogens with zero attached hydrogens (tertiary/aromatic N) is 2. The molecule has 2 heterocycles. The van der Waals surface area contributed by atoms with Gasteiger partial charge in [0.05, 0.1) is 23.5 Å². The van der Waals surface area contributed by atoms with Crippen LogP contribution in [0.1, 0.15) is 18.4 Å². The zero-order valence-electron chi connectivity index (χ0n) is 10.4. The molecule has 3 N–H and O–H groups in total. The Morgan fingerprint density at radius 1 is 1.37 bits per heavy atom. The number of fused-ring (bicyclic) bond motifs is 2. The summed E-state index contributed by atoms with van der Waals surface area (Å²) in [7, 11) is 0. The molecular formula is C13H16FN3O2. The fraction of sp³-hybridized carbons (Fsp3) is 0.462. The Balaban J connectivity index is 1.98. The highest BCUT2D eigenvalue weighted by atomic mass is 19.1. The minimum absolute atomic E-state index is 0.159. The van der Waals surface area contributed by atoms with E-state index in [9.17, 15) is 4.39 Å². The van der Waals surface area contributed by atoms with E-state index in [4.69, 9.17) is 15.7 Å². The third-order valence-electron chi connectivity index (χ3n) is 3.74. The molecule has 0 saturated carbocycles. The lowest BCUT2D eigenvalue weighted by Gasteiger charge is -2.34. The Morgan fingerprint density at radius 3 is 2.68 bits per heavy atom. The smallest absolute Gasteiger partial charge is 0.175 e. The van der Waals surface area contributed by atoms with Crippen molar-refractivity contribution in [3.05, 3.63) is 29.6 Å². The molecule has 6 heteroatoms. The van der Waals surface area contributed by atoms with Gasteiger partial charge < -0.3 is 20.6 Å². The van der Waals surface area contributed by atoms with Gasteiger partial charge in [0.15, 0.2) is 5.84 Å². The average molecular weight is 265 g/mol. The van der Waals surface area contributed by atoms with Gasteiger partial charge in [-0.15, -0.1) is 0 Å². The normalized spacial score (nSPS) is 26.8. The molecule has 0 spiro atoms. The van der Waals surface area contributed by atoms with E-state index in [0.29, 0.717) is 18.8 Å². The molecular weight excluding hydrogens is 249 g/mol. The van der Waals surface area contributed by atoms with Gasteiger partial charge in [-0.1, -0.05) is 11.2 Å². The molecule has 2 aliphatic heterocycles. The van der Waals surface area contributed by atoms with E-state index < -0.39 is 5.82 Å². The van der Waals surface area contributed by atoms with E-state index in [-0.39, 0.29) is 23.6 Å². The topological polar surface area (TPSA) is 71.1 Å². The van der Waals surface area contributed by atoms with Crippen LogP contribution >= 0.6 is 0 Å². The summed E-state index contributed by atoms with van der Waals surface area (Å²) in [5.41, 5.74) is 6.41. The van der Waals surface area contributed by atoms with E-state index in [1.54, 1.807) is 12.1 Å². The largest absolute Gasteiger partial charge is 0.409 e. The van der Waals surface area contributed by atoms with Crippen molar-refractivity contribution >= 4 is 11.5 Å². The van der Waals surface area contributed by atoms with Gasteiger partial charge in [0.1, 0.15) is 5.82 Å².